The number of aliphatic hydroxyl groups is 5. The standard InChI is InChI=1S/C47H85NO12S/c1-3-5-7-9-11-13-15-17-18-19-20-21-22-24-26-28-30-32-34-36-41(51)46(54)48-39(40(50)35-33-31-29-27-25-23-16-14-12-10-8-6-4-2)38-58-47-44(53)45(60-61(55,56)57)43(52)42(37-49)59-47/h12,14,20-21,25,27,33,35,39-45,47,49-53H,3-11,13,15-19,22-24,26,28-32,34,36-38H2,1-2H3,(H,48,54)(H,55,56,57)/b14-12+,21-20-,27-25+,35-33+. The van der Waals surface area contributed by atoms with E-state index in [1.807, 2.05) is 0 Å². The van der Waals surface area contributed by atoms with E-state index in [4.69, 9.17) is 9.47 Å². The zero-order valence-electron chi connectivity index (χ0n) is 37.6. The molecule has 1 aliphatic heterocycles. The van der Waals surface area contributed by atoms with Crippen LogP contribution in [0.25, 0.3) is 0 Å². The number of unbranched alkanes of at least 4 members (excludes halogenated alkanes) is 20. The third-order valence-electron chi connectivity index (χ3n) is 10.9. The molecule has 14 heteroatoms. The first kappa shape index (κ1) is 57.0. The van der Waals surface area contributed by atoms with Crippen molar-refractivity contribution in [2.24, 2.45) is 0 Å². The van der Waals surface area contributed by atoms with Gasteiger partial charge in [-0.15, -0.1) is 0 Å². The van der Waals surface area contributed by atoms with Gasteiger partial charge in [0.25, 0.3) is 0 Å². The highest BCUT2D eigenvalue weighted by Crippen LogP contribution is 2.26. The zero-order chi connectivity index (χ0) is 45.0. The molecule has 8 unspecified atom stereocenters. The van der Waals surface area contributed by atoms with Gasteiger partial charge < -0.3 is 40.3 Å². The molecule has 1 saturated heterocycles. The number of aliphatic hydroxyl groups excluding tert-OH is 5. The van der Waals surface area contributed by atoms with Crippen molar-refractivity contribution in [2.45, 2.75) is 230 Å². The van der Waals surface area contributed by atoms with Gasteiger partial charge in [0.15, 0.2) is 6.29 Å². The lowest BCUT2D eigenvalue weighted by molar-refractivity contribution is -0.298. The first-order chi connectivity index (χ1) is 29.4. The Kier molecular flexibility index (Phi) is 35.0. The van der Waals surface area contributed by atoms with Crippen molar-refractivity contribution in [3.63, 3.8) is 0 Å². The number of nitrogens with one attached hydrogen (secondary N) is 1. The van der Waals surface area contributed by atoms with Gasteiger partial charge >= 0.3 is 10.4 Å². The smallest absolute Gasteiger partial charge is 0.394 e. The highest BCUT2D eigenvalue weighted by molar-refractivity contribution is 7.80. The molecule has 0 aromatic rings. The molecule has 0 saturated carbocycles. The highest BCUT2D eigenvalue weighted by Gasteiger charge is 2.48. The summed E-state index contributed by atoms with van der Waals surface area (Å²) in [5.41, 5.74) is 0. The predicted molar refractivity (Wildman–Crippen MR) is 242 cm³/mol. The summed E-state index contributed by atoms with van der Waals surface area (Å²) in [5, 5.41) is 55.1. The van der Waals surface area contributed by atoms with E-state index in [9.17, 15) is 43.3 Å². The molecule has 0 radical (unpaired) electrons. The van der Waals surface area contributed by atoms with Gasteiger partial charge in [-0.25, -0.2) is 4.18 Å². The van der Waals surface area contributed by atoms with Crippen LogP contribution >= 0.6 is 0 Å². The van der Waals surface area contributed by atoms with Gasteiger partial charge in [-0.2, -0.15) is 8.42 Å². The Balaban J connectivity index is 2.58. The molecule has 61 heavy (non-hydrogen) atoms. The van der Waals surface area contributed by atoms with Crippen molar-refractivity contribution in [1.29, 1.82) is 0 Å². The van der Waals surface area contributed by atoms with Crippen molar-refractivity contribution >= 4 is 16.3 Å². The van der Waals surface area contributed by atoms with Gasteiger partial charge in [-0.3, -0.25) is 9.35 Å². The fourth-order valence-electron chi connectivity index (χ4n) is 7.13. The molecule has 1 amide bonds. The number of rotatable bonds is 39. The quantitative estimate of drug-likeness (QED) is 0.0177. The maximum atomic E-state index is 13.1. The molecule has 0 aromatic heterocycles. The maximum Gasteiger partial charge on any atom is 0.397 e. The van der Waals surface area contributed by atoms with Gasteiger partial charge in [-0.05, 0) is 70.6 Å². The summed E-state index contributed by atoms with van der Waals surface area (Å²) < 4.78 is 47.5. The largest absolute Gasteiger partial charge is 0.397 e. The van der Waals surface area contributed by atoms with Crippen LogP contribution < -0.4 is 5.32 Å². The average Bonchev–Trinajstić information content (AvgIpc) is 3.23. The topological polar surface area (TPSA) is 212 Å². The third kappa shape index (κ3) is 29.9. The molecule has 1 rings (SSSR count). The molecule has 356 valence electrons. The normalized spacial score (nSPS) is 21.6. The monoisotopic (exact) mass is 888 g/mol. The molecule has 1 fully saturated rings. The second kappa shape index (κ2) is 37.4. The van der Waals surface area contributed by atoms with E-state index in [-0.39, 0.29) is 6.42 Å². The van der Waals surface area contributed by atoms with Crippen LogP contribution in [0.1, 0.15) is 181 Å². The lowest BCUT2D eigenvalue weighted by atomic mass is 9.99. The Morgan fingerprint density at radius 2 is 1.10 bits per heavy atom. The van der Waals surface area contributed by atoms with E-state index >= 15 is 0 Å². The first-order valence-electron chi connectivity index (χ1n) is 23.6. The molecule has 1 aliphatic rings. The Bertz CT molecular complexity index is 1290. The minimum absolute atomic E-state index is 0.225. The summed E-state index contributed by atoms with van der Waals surface area (Å²) in [6.07, 6.45) is 33.4. The maximum absolute atomic E-state index is 13.1. The Hall–Kier alpha value is -1.98. The number of amides is 1. The molecule has 0 aliphatic carbocycles. The Morgan fingerprint density at radius 3 is 1.61 bits per heavy atom. The van der Waals surface area contributed by atoms with Gasteiger partial charge in [-0.1, -0.05) is 159 Å². The van der Waals surface area contributed by atoms with E-state index in [2.05, 4.69) is 59.8 Å². The Morgan fingerprint density at radius 1 is 0.656 bits per heavy atom. The first-order valence-corrected chi connectivity index (χ1v) is 25.0. The van der Waals surface area contributed by atoms with E-state index in [1.165, 1.54) is 83.1 Å². The van der Waals surface area contributed by atoms with Gasteiger partial charge in [0, 0.05) is 0 Å². The van der Waals surface area contributed by atoms with E-state index in [1.54, 1.807) is 6.08 Å². The summed E-state index contributed by atoms with van der Waals surface area (Å²) in [5.74, 6) is -0.723. The van der Waals surface area contributed by atoms with Gasteiger partial charge in [0.1, 0.15) is 30.5 Å². The van der Waals surface area contributed by atoms with Crippen LogP contribution in [0.4, 0.5) is 0 Å². The van der Waals surface area contributed by atoms with Crippen LogP contribution in [0.3, 0.4) is 0 Å². The molecule has 8 atom stereocenters. The number of hydrogen-bond donors (Lipinski definition) is 7. The summed E-state index contributed by atoms with van der Waals surface area (Å²) >= 11 is 0. The van der Waals surface area contributed by atoms with E-state index in [0.717, 1.165) is 70.6 Å². The number of hydrogen-bond acceptors (Lipinski definition) is 11. The van der Waals surface area contributed by atoms with Crippen LogP contribution in [0.5, 0.6) is 0 Å². The summed E-state index contributed by atoms with van der Waals surface area (Å²) in [6, 6.07) is -1.15. The second-order valence-corrected chi connectivity index (χ2v) is 17.5. The molecule has 13 nitrogen and oxygen atoms in total. The minimum Gasteiger partial charge on any atom is -0.394 e. The summed E-state index contributed by atoms with van der Waals surface area (Å²) in [6.45, 7) is 3.15. The lowest BCUT2D eigenvalue weighted by Crippen LogP contribution is -2.61. The van der Waals surface area contributed by atoms with Gasteiger partial charge in [0.05, 0.1) is 25.4 Å². The van der Waals surface area contributed by atoms with Crippen molar-refractivity contribution in [3.05, 3.63) is 48.6 Å². The van der Waals surface area contributed by atoms with Crippen LogP contribution in [0, 0.1) is 0 Å². The van der Waals surface area contributed by atoms with Crippen molar-refractivity contribution in [1.82, 2.24) is 5.32 Å². The average molecular weight is 888 g/mol. The number of carbonyl (C=O) groups excluding carboxylic acids is 1. The highest BCUT2D eigenvalue weighted by atomic mass is 32.3. The molecular formula is C47H85NO12S. The van der Waals surface area contributed by atoms with Crippen molar-refractivity contribution in [2.75, 3.05) is 13.2 Å². The van der Waals surface area contributed by atoms with E-state index in [0.29, 0.717) is 12.8 Å². The molecule has 7 N–H and O–H groups in total. The molecule has 1 heterocycles. The van der Waals surface area contributed by atoms with Crippen LogP contribution in [0.15, 0.2) is 48.6 Å². The van der Waals surface area contributed by atoms with Crippen molar-refractivity contribution in [3.8, 4) is 0 Å². The summed E-state index contributed by atoms with van der Waals surface area (Å²) in [7, 11) is -5.12. The molecule has 0 aromatic carbocycles. The number of ether oxygens (including phenoxy) is 2. The Labute approximate surface area is 369 Å². The minimum atomic E-state index is -5.12. The summed E-state index contributed by atoms with van der Waals surface area (Å²) in [4.78, 5) is 13.1. The fraction of sp³-hybridized carbons (Fsp3) is 0.809. The van der Waals surface area contributed by atoms with Crippen LogP contribution in [0.2, 0.25) is 0 Å². The number of allylic oxidation sites excluding steroid dienone is 7. The van der Waals surface area contributed by atoms with Crippen LogP contribution in [-0.4, -0.2) is 107 Å². The second-order valence-electron chi connectivity index (χ2n) is 16.5. The van der Waals surface area contributed by atoms with E-state index < -0.39 is 78.5 Å². The lowest BCUT2D eigenvalue weighted by Gasteiger charge is -2.41. The number of carbonyl (C=O) groups is 1. The zero-order valence-corrected chi connectivity index (χ0v) is 38.4. The van der Waals surface area contributed by atoms with Crippen LogP contribution in [-0.2, 0) is 28.9 Å². The molecule has 0 spiro atoms. The predicted octanol–water partition coefficient (Wildman–Crippen LogP) is 8.24. The third-order valence-corrected chi connectivity index (χ3v) is 11.4. The van der Waals surface area contributed by atoms with Gasteiger partial charge in [0.2, 0.25) is 5.91 Å². The van der Waals surface area contributed by atoms with Crippen molar-refractivity contribution < 1.29 is 57.0 Å². The SMILES string of the molecule is CCCCC/C=C/CC/C=C/CC/C=C/C(O)C(COC1OC(CO)C(O)C(OS(=O)(=O)O)C1O)NC(=O)C(O)CCCCCCCC/C=C\CCCCCCCCCCC. The molecule has 0 bridgehead atoms. The fourth-order valence-corrected chi connectivity index (χ4v) is 7.64. The molecular weight excluding hydrogens is 803 g/mol.